The molecule has 1 amide bonds. The second kappa shape index (κ2) is 8.13. The Morgan fingerprint density at radius 1 is 1.17 bits per heavy atom. The monoisotopic (exact) mass is 425 g/mol. The molecule has 0 saturated carbocycles. The molecule has 2 heterocycles. The van der Waals surface area contributed by atoms with E-state index in [2.05, 4.69) is 5.32 Å². The molecule has 0 bridgehead atoms. The van der Waals surface area contributed by atoms with Crippen molar-refractivity contribution >= 4 is 27.3 Å². The van der Waals surface area contributed by atoms with Gasteiger partial charge in [-0.1, -0.05) is 0 Å². The first kappa shape index (κ1) is 21.3. The molecule has 2 atom stereocenters. The smallest absolute Gasteiger partial charge is 0.291 e. The second-order valence-corrected chi connectivity index (χ2v) is 9.27. The third-order valence-electron chi connectivity index (χ3n) is 4.51. The molecule has 1 aromatic carbocycles. The lowest BCUT2D eigenvalue weighted by atomic mass is 10.2. The van der Waals surface area contributed by atoms with Gasteiger partial charge in [-0.05, 0) is 44.2 Å². The van der Waals surface area contributed by atoms with Crippen LogP contribution in [0.3, 0.4) is 0 Å². The summed E-state index contributed by atoms with van der Waals surface area (Å²) in [6, 6.07) is 6.86. The Morgan fingerprint density at radius 3 is 2.41 bits per heavy atom. The van der Waals surface area contributed by atoms with Crippen molar-refractivity contribution in [1.29, 1.82) is 0 Å². The zero-order valence-corrected chi connectivity index (χ0v) is 17.5. The van der Waals surface area contributed by atoms with Crippen molar-refractivity contribution in [3.05, 3.63) is 41.9 Å². The maximum absolute atomic E-state index is 14.6. The molecule has 0 radical (unpaired) electrons. The van der Waals surface area contributed by atoms with Crippen molar-refractivity contribution in [2.45, 2.75) is 31.1 Å². The Kier molecular flexibility index (Phi) is 5.97. The summed E-state index contributed by atoms with van der Waals surface area (Å²) in [6.07, 6.45) is -0.0201. The summed E-state index contributed by atoms with van der Waals surface area (Å²) in [4.78, 5) is 14.3. The number of ether oxygens (including phenoxy) is 1. The predicted octanol–water partition coefficient (Wildman–Crippen LogP) is 2.53. The van der Waals surface area contributed by atoms with E-state index >= 15 is 0 Å². The third kappa shape index (κ3) is 4.60. The van der Waals surface area contributed by atoms with E-state index in [0.717, 1.165) is 4.31 Å². The minimum Gasteiger partial charge on any atom is -0.438 e. The normalized spacial score (nSPS) is 20.1. The predicted molar refractivity (Wildman–Crippen MR) is 106 cm³/mol. The number of carbonyl (C=O) groups excluding carboxylic acids is 1. The van der Waals surface area contributed by atoms with E-state index in [0.29, 0.717) is 18.8 Å². The number of morpholine rings is 1. The maximum Gasteiger partial charge on any atom is 0.291 e. The highest BCUT2D eigenvalue weighted by Crippen LogP contribution is 2.26. The molecule has 0 unspecified atom stereocenters. The molecule has 1 N–H and O–H groups in total. The minimum absolute atomic E-state index is 0.0101. The summed E-state index contributed by atoms with van der Waals surface area (Å²) in [5.41, 5.74) is 0.668. The highest BCUT2D eigenvalue weighted by atomic mass is 32.2. The Labute approximate surface area is 169 Å². The molecular formula is C19H24FN3O5S. The molecule has 2 aromatic rings. The number of carbonyl (C=O) groups is 1. The Hall–Kier alpha value is -2.43. The van der Waals surface area contributed by atoms with E-state index in [1.807, 2.05) is 18.7 Å². The fourth-order valence-corrected chi connectivity index (χ4v) is 3.96. The highest BCUT2D eigenvalue weighted by Gasteiger charge is 2.25. The zero-order chi connectivity index (χ0) is 21.3. The molecule has 10 heteroatoms. The van der Waals surface area contributed by atoms with Crippen molar-refractivity contribution in [2.75, 3.05) is 37.4 Å². The van der Waals surface area contributed by atoms with E-state index in [-0.39, 0.29) is 28.7 Å². The van der Waals surface area contributed by atoms with Crippen LogP contribution in [0.1, 0.15) is 24.4 Å². The van der Waals surface area contributed by atoms with Gasteiger partial charge in [0.25, 0.3) is 15.9 Å². The van der Waals surface area contributed by atoms with Crippen LogP contribution in [0.25, 0.3) is 0 Å². The number of hydrogen-bond donors (Lipinski definition) is 1. The van der Waals surface area contributed by atoms with Gasteiger partial charge in [0.15, 0.2) is 5.76 Å². The Balaban J connectivity index is 1.73. The van der Waals surface area contributed by atoms with Gasteiger partial charge in [0, 0.05) is 32.9 Å². The lowest BCUT2D eigenvalue weighted by Gasteiger charge is -2.37. The first-order valence-corrected chi connectivity index (χ1v) is 10.6. The number of anilines is 2. The molecule has 29 heavy (non-hydrogen) atoms. The summed E-state index contributed by atoms with van der Waals surface area (Å²) < 4.78 is 50.5. The van der Waals surface area contributed by atoms with E-state index in [4.69, 9.17) is 9.15 Å². The number of nitrogens with zero attached hydrogens (tertiary/aromatic N) is 2. The van der Waals surface area contributed by atoms with Crippen LogP contribution < -0.4 is 10.2 Å². The Morgan fingerprint density at radius 2 is 1.83 bits per heavy atom. The minimum atomic E-state index is -3.79. The summed E-state index contributed by atoms with van der Waals surface area (Å²) in [7, 11) is -1.07. The molecule has 1 aromatic heterocycles. The van der Waals surface area contributed by atoms with Crippen LogP contribution in [0, 0.1) is 5.82 Å². The lowest BCUT2D eigenvalue weighted by molar-refractivity contribution is -0.00539. The number of nitrogens with one attached hydrogen (secondary N) is 1. The van der Waals surface area contributed by atoms with Crippen LogP contribution in [-0.4, -0.2) is 58.0 Å². The molecule has 0 spiro atoms. The van der Waals surface area contributed by atoms with Gasteiger partial charge in [-0.15, -0.1) is 0 Å². The molecule has 1 aliphatic heterocycles. The van der Waals surface area contributed by atoms with Crippen LogP contribution >= 0.6 is 0 Å². The number of furan rings is 1. The molecule has 1 fully saturated rings. The van der Waals surface area contributed by atoms with Crippen molar-refractivity contribution in [2.24, 2.45) is 0 Å². The second-order valence-electron chi connectivity index (χ2n) is 7.19. The highest BCUT2D eigenvalue weighted by molar-refractivity contribution is 7.88. The van der Waals surface area contributed by atoms with Gasteiger partial charge in [-0.25, -0.2) is 17.1 Å². The Bertz CT molecular complexity index is 995. The summed E-state index contributed by atoms with van der Waals surface area (Å²) in [5.74, 6) is -1.34. The zero-order valence-electron chi connectivity index (χ0n) is 16.7. The van der Waals surface area contributed by atoms with Gasteiger partial charge in [0.1, 0.15) is 5.82 Å². The number of amides is 1. The standard InChI is InChI=1S/C19H24FN3O5S/c1-12-10-23(11-13(2)27-12)16-6-5-14(9-15(16)20)21-19(24)17-7-8-18(28-17)29(25,26)22(3)4/h5-9,12-13H,10-11H2,1-4H3,(H,21,24)/t12-,13+. The molecule has 8 nitrogen and oxygen atoms in total. The average Bonchev–Trinajstić information content (AvgIpc) is 3.11. The summed E-state index contributed by atoms with van der Waals surface area (Å²) in [6.45, 7) is 5.01. The van der Waals surface area contributed by atoms with E-state index in [1.54, 1.807) is 12.1 Å². The number of rotatable bonds is 5. The van der Waals surface area contributed by atoms with Crippen LogP contribution in [0.2, 0.25) is 0 Å². The average molecular weight is 425 g/mol. The van der Waals surface area contributed by atoms with Crippen molar-refractivity contribution < 1.29 is 26.8 Å². The van der Waals surface area contributed by atoms with Crippen molar-refractivity contribution in [3.8, 4) is 0 Å². The van der Waals surface area contributed by atoms with Crippen LogP contribution in [0.4, 0.5) is 15.8 Å². The van der Waals surface area contributed by atoms with Gasteiger partial charge in [0.2, 0.25) is 5.09 Å². The molecular weight excluding hydrogens is 401 g/mol. The topological polar surface area (TPSA) is 92.1 Å². The van der Waals surface area contributed by atoms with Gasteiger partial charge in [-0.2, -0.15) is 0 Å². The van der Waals surface area contributed by atoms with Gasteiger partial charge in [0.05, 0.1) is 17.9 Å². The SMILES string of the molecule is C[C@@H]1CN(c2ccc(NC(=O)c3ccc(S(=O)(=O)N(C)C)o3)cc2F)C[C@H](C)O1. The van der Waals surface area contributed by atoms with Gasteiger partial charge < -0.3 is 19.4 Å². The quantitative estimate of drug-likeness (QED) is 0.792. The first-order valence-electron chi connectivity index (χ1n) is 9.11. The van der Waals surface area contributed by atoms with Crippen molar-refractivity contribution in [3.63, 3.8) is 0 Å². The van der Waals surface area contributed by atoms with E-state index < -0.39 is 21.7 Å². The first-order chi connectivity index (χ1) is 13.6. The summed E-state index contributed by atoms with van der Waals surface area (Å²) >= 11 is 0. The van der Waals surface area contributed by atoms with Gasteiger partial charge >= 0.3 is 0 Å². The lowest BCUT2D eigenvalue weighted by Crippen LogP contribution is -2.45. The van der Waals surface area contributed by atoms with Crippen LogP contribution in [-0.2, 0) is 14.8 Å². The van der Waals surface area contributed by atoms with Crippen LogP contribution in [0.15, 0.2) is 39.8 Å². The molecule has 3 rings (SSSR count). The van der Waals surface area contributed by atoms with Gasteiger partial charge in [-0.3, -0.25) is 4.79 Å². The number of halogens is 1. The fourth-order valence-electron chi connectivity index (χ4n) is 3.17. The van der Waals surface area contributed by atoms with Crippen LogP contribution in [0.5, 0.6) is 0 Å². The largest absolute Gasteiger partial charge is 0.438 e. The van der Waals surface area contributed by atoms with E-state index in [9.17, 15) is 17.6 Å². The number of benzene rings is 1. The van der Waals surface area contributed by atoms with E-state index in [1.165, 1.54) is 32.3 Å². The molecule has 158 valence electrons. The molecule has 1 saturated heterocycles. The third-order valence-corrected chi connectivity index (χ3v) is 6.20. The number of sulfonamides is 1. The summed E-state index contributed by atoms with van der Waals surface area (Å²) in [5, 5.41) is 2.17. The van der Waals surface area contributed by atoms with Crippen molar-refractivity contribution in [1.82, 2.24) is 4.31 Å². The maximum atomic E-state index is 14.6. The molecule has 1 aliphatic rings. The number of hydrogen-bond acceptors (Lipinski definition) is 6. The fraction of sp³-hybridized carbons (Fsp3) is 0.421. The molecule has 0 aliphatic carbocycles.